The monoisotopic (exact) mass is 333 g/mol. The molecule has 1 aliphatic carbocycles. The van der Waals surface area contributed by atoms with Gasteiger partial charge in [0.2, 0.25) is 0 Å². The van der Waals surface area contributed by atoms with Crippen LogP contribution in [0.5, 0.6) is 0 Å². The summed E-state index contributed by atoms with van der Waals surface area (Å²) < 4.78 is 0. The molecular weight excluding hydrogens is 311 g/mol. The lowest BCUT2D eigenvalue weighted by Gasteiger charge is -2.10. The second-order valence-electron chi connectivity index (χ2n) is 5.95. The largest absolute Gasteiger partial charge is 0.303 e. The van der Waals surface area contributed by atoms with Gasteiger partial charge >= 0.3 is 0 Å². The Labute approximate surface area is 145 Å². The molecule has 0 spiro atoms. The predicted octanol–water partition coefficient (Wildman–Crippen LogP) is 3.77. The average Bonchev–Trinajstić information content (AvgIpc) is 3.50. The highest BCUT2D eigenvalue weighted by atomic mass is 31.1. The van der Waals surface area contributed by atoms with E-state index in [1.807, 2.05) is 0 Å². The second kappa shape index (κ2) is 8.57. The van der Waals surface area contributed by atoms with E-state index in [2.05, 4.69) is 91.0 Å². The number of hydrogen-bond acceptors (Lipinski definition) is 1. The van der Waals surface area contributed by atoms with Gasteiger partial charge in [0, 0.05) is 5.92 Å². The van der Waals surface area contributed by atoms with Crippen LogP contribution in [0.1, 0.15) is 12.8 Å². The molecule has 1 saturated carbocycles. The lowest BCUT2D eigenvalue weighted by molar-refractivity contribution is -0.108. The highest BCUT2D eigenvalue weighted by Crippen LogP contribution is 2.32. The normalized spacial score (nSPS) is 13.0. The first-order valence-electron chi connectivity index (χ1n) is 8.37. The molecule has 4 rings (SSSR count). The van der Waals surface area contributed by atoms with E-state index in [4.69, 9.17) is 0 Å². The molecule has 0 heterocycles. The molecule has 0 aromatic heterocycles. The van der Waals surface area contributed by atoms with Gasteiger partial charge in [0.15, 0.2) is 0 Å². The van der Waals surface area contributed by atoms with Gasteiger partial charge in [-0.25, -0.2) is 0 Å². The van der Waals surface area contributed by atoms with Crippen LogP contribution in [0.2, 0.25) is 0 Å². The lowest BCUT2D eigenvalue weighted by Crippen LogP contribution is -2.20. The van der Waals surface area contributed by atoms with Crippen LogP contribution >= 0.6 is 7.92 Å². The van der Waals surface area contributed by atoms with E-state index in [1.54, 1.807) is 0 Å². The van der Waals surface area contributed by atoms with E-state index in [0.29, 0.717) is 5.92 Å². The molecule has 1 nitrogen and oxygen atoms in total. The van der Waals surface area contributed by atoms with Crippen LogP contribution in [-0.4, -0.2) is 6.29 Å². The van der Waals surface area contributed by atoms with Crippen molar-refractivity contribution >= 4 is 30.1 Å². The standard InChI is InChI=1S/C18H15P.C4H6O/c1-4-10-16(11-5-1)19(17-12-6-2-7-13-17)18-14-8-3-9-15-18;5-3-4-1-2-4/h1-15H;3-4H,1-2H2/p+1. The molecule has 0 aliphatic heterocycles. The van der Waals surface area contributed by atoms with Crippen LogP contribution in [0.15, 0.2) is 91.0 Å². The number of hydrogen-bond donors (Lipinski definition) is 0. The Balaban J connectivity index is 0.000000290. The van der Waals surface area contributed by atoms with Crippen molar-refractivity contribution in [2.75, 3.05) is 0 Å². The number of benzene rings is 3. The van der Waals surface area contributed by atoms with Crippen molar-refractivity contribution in [3.05, 3.63) is 91.0 Å². The Hall–Kier alpha value is -2.24. The first kappa shape index (κ1) is 16.6. The molecule has 2 heteroatoms. The van der Waals surface area contributed by atoms with Crippen molar-refractivity contribution in [2.45, 2.75) is 12.8 Å². The average molecular weight is 333 g/mol. The molecular formula is C22H22OP+. The lowest BCUT2D eigenvalue weighted by atomic mass is 10.4. The predicted molar refractivity (Wildman–Crippen MR) is 105 cm³/mol. The molecule has 0 bridgehead atoms. The Kier molecular flexibility index (Phi) is 5.93. The van der Waals surface area contributed by atoms with Crippen molar-refractivity contribution in [2.24, 2.45) is 5.92 Å². The fraction of sp³-hybridized carbons (Fsp3) is 0.136. The minimum absolute atomic E-state index is 0.454. The summed E-state index contributed by atoms with van der Waals surface area (Å²) in [5.41, 5.74) is 0. The third-order valence-electron chi connectivity index (χ3n) is 4.00. The second-order valence-corrected chi connectivity index (χ2v) is 8.43. The molecule has 1 aliphatic rings. The Morgan fingerprint density at radius 1 is 0.625 bits per heavy atom. The van der Waals surface area contributed by atoms with Crippen molar-refractivity contribution in [1.29, 1.82) is 0 Å². The summed E-state index contributed by atoms with van der Waals surface area (Å²) in [7, 11) is -0.877. The third kappa shape index (κ3) is 4.63. The molecule has 0 atom stereocenters. The summed E-state index contributed by atoms with van der Waals surface area (Å²) in [5.74, 6) is 0.454. The Bertz CT molecular complexity index is 643. The van der Waals surface area contributed by atoms with Crippen LogP contribution < -0.4 is 15.9 Å². The van der Waals surface area contributed by atoms with Crippen LogP contribution in [0, 0.1) is 5.92 Å². The molecule has 0 amide bonds. The van der Waals surface area contributed by atoms with E-state index in [1.165, 1.54) is 15.9 Å². The summed E-state index contributed by atoms with van der Waals surface area (Å²) in [6.45, 7) is 0. The van der Waals surface area contributed by atoms with Gasteiger partial charge in [-0.05, 0) is 49.2 Å². The third-order valence-corrected chi connectivity index (χ3v) is 6.73. The van der Waals surface area contributed by atoms with Crippen molar-refractivity contribution in [1.82, 2.24) is 0 Å². The summed E-state index contributed by atoms with van der Waals surface area (Å²) in [6.07, 6.45) is 3.31. The number of carbonyl (C=O) groups is 1. The molecule has 3 aromatic carbocycles. The first-order chi connectivity index (χ1) is 11.9. The smallest absolute Gasteiger partial charge is 0.123 e. The SMILES string of the molecule is O=CC1CC1.c1ccc([PH+](c2ccccc2)c2ccccc2)cc1. The zero-order valence-electron chi connectivity index (χ0n) is 13.6. The van der Waals surface area contributed by atoms with Gasteiger partial charge < -0.3 is 4.79 Å². The van der Waals surface area contributed by atoms with E-state index in [-0.39, 0.29) is 0 Å². The maximum absolute atomic E-state index is 9.57. The van der Waals surface area contributed by atoms with E-state index >= 15 is 0 Å². The molecule has 0 radical (unpaired) electrons. The summed E-state index contributed by atoms with van der Waals surface area (Å²) in [6, 6.07) is 32.5. The number of aldehydes is 1. The highest BCUT2D eigenvalue weighted by molar-refractivity contribution is 7.79. The van der Waals surface area contributed by atoms with Crippen LogP contribution in [0.3, 0.4) is 0 Å². The van der Waals surface area contributed by atoms with Crippen molar-refractivity contribution in [3.63, 3.8) is 0 Å². The maximum atomic E-state index is 9.57. The summed E-state index contributed by atoms with van der Waals surface area (Å²) >= 11 is 0. The fourth-order valence-corrected chi connectivity index (χ4v) is 5.12. The highest BCUT2D eigenvalue weighted by Gasteiger charge is 2.24. The van der Waals surface area contributed by atoms with Gasteiger partial charge in [0.25, 0.3) is 0 Å². The summed E-state index contributed by atoms with van der Waals surface area (Å²) in [4.78, 5) is 9.57. The van der Waals surface area contributed by atoms with Crippen LogP contribution in [0.25, 0.3) is 0 Å². The van der Waals surface area contributed by atoms with Crippen LogP contribution in [-0.2, 0) is 4.79 Å². The van der Waals surface area contributed by atoms with Crippen molar-refractivity contribution < 1.29 is 4.79 Å². The molecule has 120 valence electrons. The van der Waals surface area contributed by atoms with Gasteiger partial charge in [0.05, 0.1) is 7.92 Å². The van der Waals surface area contributed by atoms with Crippen LogP contribution in [0.4, 0.5) is 0 Å². The Morgan fingerprint density at radius 2 is 0.958 bits per heavy atom. The Morgan fingerprint density at radius 3 is 1.17 bits per heavy atom. The quantitative estimate of drug-likeness (QED) is 0.525. The molecule has 3 aromatic rings. The van der Waals surface area contributed by atoms with Gasteiger partial charge in [-0.1, -0.05) is 54.6 Å². The summed E-state index contributed by atoms with van der Waals surface area (Å²) in [5, 5.41) is 4.31. The van der Waals surface area contributed by atoms with Gasteiger partial charge in [0.1, 0.15) is 22.2 Å². The zero-order chi connectivity index (χ0) is 16.6. The van der Waals surface area contributed by atoms with E-state index in [9.17, 15) is 4.79 Å². The zero-order valence-corrected chi connectivity index (χ0v) is 14.6. The molecule has 0 N–H and O–H groups in total. The maximum Gasteiger partial charge on any atom is 0.123 e. The first-order valence-corrected chi connectivity index (χ1v) is 9.87. The molecule has 0 unspecified atom stereocenters. The minimum atomic E-state index is -0.877. The van der Waals surface area contributed by atoms with Gasteiger partial charge in [-0.3, -0.25) is 0 Å². The number of rotatable bonds is 4. The minimum Gasteiger partial charge on any atom is -0.303 e. The molecule has 1 fully saturated rings. The van der Waals surface area contributed by atoms with Crippen molar-refractivity contribution in [3.8, 4) is 0 Å². The van der Waals surface area contributed by atoms with Gasteiger partial charge in [-0.2, -0.15) is 0 Å². The fourth-order valence-electron chi connectivity index (χ4n) is 2.55. The van der Waals surface area contributed by atoms with Gasteiger partial charge in [-0.15, -0.1) is 0 Å². The topological polar surface area (TPSA) is 17.1 Å². The number of carbonyl (C=O) groups excluding carboxylic acids is 1. The van der Waals surface area contributed by atoms with E-state index in [0.717, 1.165) is 19.1 Å². The molecule has 0 saturated heterocycles. The molecule has 24 heavy (non-hydrogen) atoms. The van der Waals surface area contributed by atoms with E-state index < -0.39 is 7.92 Å².